The first kappa shape index (κ1) is 19.1. The third kappa shape index (κ3) is 4.29. The third-order valence-electron chi connectivity index (χ3n) is 5.33. The van der Waals surface area contributed by atoms with E-state index < -0.39 is 0 Å². The molecule has 2 heterocycles. The smallest absolute Gasteiger partial charge is 0.231 e. The van der Waals surface area contributed by atoms with Gasteiger partial charge in [-0.05, 0) is 42.5 Å². The van der Waals surface area contributed by atoms with Crippen LogP contribution in [0.2, 0.25) is 0 Å². The number of fused-ring (bicyclic) bond motifs is 1. The molecule has 2 aliphatic rings. The summed E-state index contributed by atoms with van der Waals surface area (Å²) in [4.78, 5) is 29.1. The van der Waals surface area contributed by atoms with Gasteiger partial charge in [0.2, 0.25) is 12.7 Å². The molecule has 0 bridgehead atoms. The molecular formula is C22H24N2O5. The van der Waals surface area contributed by atoms with Crippen LogP contribution in [-0.4, -0.2) is 56.7 Å². The second-order valence-corrected chi connectivity index (χ2v) is 7.06. The normalized spacial score (nSPS) is 15.3. The quantitative estimate of drug-likeness (QED) is 0.700. The molecule has 29 heavy (non-hydrogen) atoms. The van der Waals surface area contributed by atoms with Gasteiger partial charge in [0.15, 0.2) is 17.3 Å². The molecule has 2 aromatic carbocycles. The zero-order valence-corrected chi connectivity index (χ0v) is 16.4. The third-order valence-corrected chi connectivity index (χ3v) is 5.33. The molecule has 0 N–H and O–H groups in total. The van der Waals surface area contributed by atoms with Crippen LogP contribution in [0.5, 0.6) is 17.2 Å². The lowest BCUT2D eigenvalue weighted by Crippen LogP contribution is -2.48. The number of methoxy groups -OCH3 is 1. The number of ketones is 1. The molecule has 0 aromatic heterocycles. The van der Waals surface area contributed by atoms with Gasteiger partial charge < -0.3 is 24.0 Å². The molecule has 152 valence electrons. The molecular weight excluding hydrogens is 372 g/mol. The van der Waals surface area contributed by atoms with Crippen molar-refractivity contribution in [3.05, 3.63) is 48.0 Å². The summed E-state index contributed by atoms with van der Waals surface area (Å²) in [5.41, 5.74) is 1.67. The molecule has 1 fully saturated rings. The monoisotopic (exact) mass is 396 g/mol. The fourth-order valence-corrected chi connectivity index (χ4v) is 3.60. The van der Waals surface area contributed by atoms with Crippen LogP contribution >= 0.6 is 0 Å². The Kier molecular flexibility index (Phi) is 5.55. The Balaban J connectivity index is 1.26. The van der Waals surface area contributed by atoms with E-state index in [1.165, 1.54) is 0 Å². The van der Waals surface area contributed by atoms with E-state index in [0.717, 1.165) is 24.5 Å². The minimum absolute atomic E-state index is 0.0217. The lowest BCUT2D eigenvalue weighted by atomic mass is 10.1. The molecule has 0 spiro atoms. The van der Waals surface area contributed by atoms with Crippen LogP contribution in [0, 0.1) is 0 Å². The van der Waals surface area contributed by atoms with E-state index in [1.54, 1.807) is 25.3 Å². The van der Waals surface area contributed by atoms with Crippen LogP contribution in [-0.2, 0) is 4.79 Å². The average molecular weight is 396 g/mol. The summed E-state index contributed by atoms with van der Waals surface area (Å²) < 4.78 is 15.8. The maximum atomic E-state index is 12.5. The van der Waals surface area contributed by atoms with Crippen molar-refractivity contribution in [1.82, 2.24) is 4.90 Å². The molecule has 0 saturated carbocycles. The highest BCUT2D eigenvalue weighted by atomic mass is 16.7. The Morgan fingerprint density at radius 1 is 0.931 bits per heavy atom. The van der Waals surface area contributed by atoms with E-state index in [2.05, 4.69) is 4.90 Å². The van der Waals surface area contributed by atoms with Gasteiger partial charge in [-0.15, -0.1) is 0 Å². The molecule has 2 aromatic rings. The van der Waals surface area contributed by atoms with Gasteiger partial charge in [0.1, 0.15) is 5.75 Å². The van der Waals surface area contributed by atoms with E-state index in [0.29, 0.717) is 30.2 Å². The molecule has 4 rings (SSSR count). The maximum Gasteiger partial charge on any atom is 0.231 e. The predicted molar refractivity (Wildman–Crippen MR) is 108 cm³/mol. The number of hydrogen-bond donors (Lipinski definition) is 0. The number of benzene rings is 2. The number of amides is 1. The van der Waals surface area contributed by atoms with Crippen molar-refractivity contribution in [2.24, 2.45) is 0 Å². The van der Waals surface area contributed by atoms with E-state index >= 15 is 0 Å². The first-order valence-electron chi connectivity index (χ1n) is 9.73. The highest BCUT2D eigenvalue weighted by Gasteiger charge is 2.22. The van der Waals surface area contributed by atoms with Gasteiger partial charge in [-0.25, -0.2) is 0 Å². The van der Waals surface area contributed by atoms with Crippen molar-refractivity contribution < 1.29 is 23.8 Å². The van der Waals surface area contributed by atoms with Crippen molar-refractivity contribution in [3.8, 4) is 17.2 Å². The minimum Gasteiger partial charge on any atom is -0.497 e. The molecule has 1 saturated heterocycles. The van der Waals surface area contributed by atoms with Crippen LogP contribution < -0.4 is 19.1 Å². The molecule has 0 unspecified atom stereocenters. The molecule has 0 aliphatic carbocycles. The fourth-order valence-electron chi connectivity index (χ4n) is 3.60. The van der Waals surface area contributed by atoms with Crippen LogP contribution in [0.3, 0.4) is 0 Å². The van der Waals surface area contributed by atoms with Crippen LogP contribution in [0.15, 0.2) is 42.5 Å². The Labute approximate surface area is 169 Å². The number of ether oxygens (including phenoxy) is 3. The largest absolute Gasteiger partial charge is 0.497 e. The number of carbonyl (C=O) groups excluding carboxylic acids is 2. The summed E-state index contributed by atoms with van der Waals surface area (Å²) in [6.07, 6.45) is 0.410. The van der Waals surface area contributed by atoms with E-state index in [4.69, 9.17) is 14.2 Å². The number of Topliss-reactive ketones (excluding diaryl/α,β-unsaturated/α-hetero) is 1. The number of anilines is 1. The van der Waals surface area contributed by atoms with Gasteiger partial charge in [0.25, 0.3) is 0 Å². The Morgan fingerprint density at radius 2 is 1.66 bits per heavy atom. The number of hydrogen-bond acceptors (Lipinski definition) is 6. The Morgan fingerprint density at radius 3 is 2.38 bits per heavy atom. The van der Waals surface area contributed by atoms with Crippen molar-refractivity contribution in [1.29, 1.82) is 0 Å². The lowest BCUT2D eigenvalue weighted by Gasteiger charge is -2.36. The highest BCUT2D eigenvalue weighted by Crippen LogP contribution is 2.32. The summed E-state index contributed by atoms with van der Waals surface area (Å²) in [7, 11) is 1.65. The number of rotatable bonds is 6. The first-order chi connectivity index (χ1) is 14.1. The SMILES string of the molecule is COc1ccc(N2CCN(C(=O)CCC(=O)c3ccc4c(c3)OCO4)CC2)cc1. The molecule has 0 radical (unpaired) electrons. The second kappa shape index (κ2) is 8.43. The lowest BCUT2D eigenvalue weighted by molar-refractivity contribution is -0.131. The average Bonchev–Trinajstić information content (AvgIpc) is 3.25. The number of carbonyl (C=O) groups is 2. The highest BCUT2D eigenvalue weighted by molar-refractivity contribution is 5.98. The van der Waals surface area contributed by atoms with Crippen molar-refractivity contribution in [3.63, 3.8) is 0 Å². The Bertz CT molecular complexity index is 889. The Hall–Kier alpha value is -3.22. The first-order valence-corrected chi connectivity index (χ1v) is 9.73. The van der Waals surface area contributed by atoms with Gasteiger partial charge in [-0.3, -0.25) is 9.59 Å². The van der Waals surface area contributed by atoms with Crippen molar-refractivity contribution >= 4 is 17.4 Å². The molecule has 7 heteroatoms. The van der Waals surface area contributed by atoms with Crippen LogP contribution in [0.25, 0.3) is 0 Å². The maximum absolute atomic E-state index is 12.5. The number of nitrogens with zero attached hydrogens (tertiary/aromatic N) is 2. The van der Waals surface area contributed by atoms with Gasteiger partial charge >= 0.3 is 0 Å². The van der Waals surface area contributed by atoms with E-state index in [1.807, 2.05) is 29.2 Å². The van der Waals surface area contributed by atoms with Gasteiger partial charge in [0, 0.05) is 50.3 Å². The van der Waals surface area contributed by atoms with Crippen molar-refractivity contribution in [2.75, 3.05) is 45.0 Å². The fraction of sp³-hybridized carbons (Fsp3) is 0.364. The summed E-state index contributed by atoms with van der Waals surface area (Å²) in [5, 5.41) is 0. The summed E-state index contributed by atoms with van der Waals surface area (Å²) in [6.45, 7) is 3.03. The minimum atomic E-state index is -0.0616. The molecule has 7 nitrogen and oxygen atoms in total. The van der Waals surface area contributed by atoms with Crippen LogP contribution in [0.1, 0.15) is 23.2 Å². The molecule has 2 aliphatic heterocycles. The molecule has 0 atom stereocenters. The summed E-state index contributed by atoms with van der Waals surface area (Å²) >= 11 is 0. The topological polar surface area (TPSA) is 68.3 Å². The predicted octanol–water partition coefficient (Wildman–Crippen LogP) is 2.74. The summed E-state index contributed by atoms with van der Waals surface area (Å²) in [6, 6.07) is 13.1. The zero-order valence-electron chi connectivity index (χ0n) is 16.4. The standard InChI is InChI=1S/C22H24N2O5/c1-27-18-5-3-17(4-6-18)23-10-12-24(13-11-23)22(26)9-7-19(25)16-2-8-20-21(14-16)29-15-28-20/h2-6,8,14H,7,9-13,15H2,1H3. The summed E-state index contributed by atoms with van der Waals surface area (Å²) in [5.74, 6) is 2.01. The van der Waals surface area contributed by atoms with E-state index in [-0.39, 0.29) is 31.3 Å². The van der Waals surface area contributed by atoms with Gasteiger partial charge in [0.05, 0.1) is 7.11 Å². The van der Waals surface area contributed by atoms with Gasteiger partial charge in [-0.1, -0.05) is 0 Å². The van der Waals surface area contributed by atoms with Crippen molar-refractivity contribution in [2.45, 2.75) is 12.8 Å². The van der Waals surface area contributed by atoms with Gasteiger partial charge in [-0.2, -0.15) is 0 Å². The number of piperazine rings is 1. The second-order valence-electron chi connectivity index (χ2n) is 7.06. The zero-order chi connectivity index (χ0) is 20.2. The van der Waals surface area contributed by atoms with E-state index in [9.17, 15) is 9.59 Å². The van der Waals surface area contributed by atoms with Crippen LogP contribution in [0.4, 0.5) is 5.69 Å². The molecule has 1 amide bonds.